The zero-order valence-corrected chi connectivity index (χ0v) is 22.2. The van der Waals surface area contributed by atoms with Gasteiger partial charge in [0, 0.05) is 31.0 Å². The van der Waals surface area contributed by atoms with Crippen LogP contribution in [0.4, 0.5) is 0 Å². The third kappa shape index (κ3) is 5.27. The number of carbonyl (C=O) groups is 2. The highest BCUT2D eigenvalue weighted by Crippen LogP contribution is 2.47. The van der Waals surface area contributed by atoms with E-state index in [-0.39, 0.29) is 17.7 Å². The fourth-order valence-corrected chi connectivity index (χ4v) is 5.48. The Morgan fingerprint density at radius 3 is 2.51 bits per heavy atom. The van der Waals surface area contributed by atoms with Gasteiger partial charge in [0.25, 0.3) is 0 Å². The molecule has 5 nitrogen and oxygen atoms in total. The minimum atomic E-state index is -0.436. The Hall–Kier alpha value is -3.60. The first kappa shape index (κ1) is 25.1. The lowest BCUT2D eigenvalue weighted by Crippen LogP contribution is -2.43. The van der Waals surface area contributed by atoms with Crippen molar-refractivity contribution in [3.63, 3.8) is 0 Å². The van der Waals surface area contributed by atoms with E-state index in [1.165, 1.54) is 11.1 Å². The van der Waals surface area contributed by atoms with Crippen LogP contribution in [-0.4, -0.2) is 30.4 Å². The molecule has 5 heteroatoms. The largest absolute Gasteiger partial charge is 0.497 e. The van der Waals surface area contributed by atoms with Crippen LogP contribution in [0.1, 0.15) is 55.4 Å². The topological polar surface area (TPSA) is 58.6 Å². The van der Waals surface area contributed by atoms with Crippen molar-refractivity contribution in [2.45, 2.75) is 52.6 Å². The van der Waals surface area contributed by atoms with Crippen LogP contribution in [0, 0.1) is 11.3 Å². The Balaban J connectivity index is 1.40. The number of fused-ring (bicyclic) bond motifs is 1. The van der Waals surface area contributed by atoms with Crippen molar-refractivity contribution in [2.24, 2.45) is 11.3 Å². The van der Waals surface area contributed by atoms with Gasteiger partial charge in [0.1, 0.15) is 5.75 Å². The summed E-state index contributed by atoms with van der Waals surface area (Å²) in [6.45, 7) is 7.63. The van der Waals surface area contributed by atoms with E-state index >= 15 is 0 Å². The van der Waals surface area contributed by atoms with Crippen LogP contribution < -0.4 is 10.1 Å². The predicted molar refractivity (Wildman–Crippen MR) is 146 cm³/mol. The molecule has 192 valence electrons. The van der Waals surface area contributed by atoms with Crippen molar-refractivity contribution in [1.82, 2.24) is 10.2 Å². The molecule has 37 heavy (non-hydrogen) atoms. The summed E-state index contributed by atoms with van der Waals surface area (Å²) in [6, 6.07) is 22.7. The van der Waals surface area contributed by atoms with Crippen molar-refractivity contribution in [3.05, 3.63) is 89.0 Å². The molecule has 1 heterocycles. The number of carbonyl (C=O) groups excluding carboxylic acids is 2. The molecule has 2 amide bonds. The Morgan fingerprint density at radius 2 is 1.78 bits per heavy atom. The van der Waals surface area contributed by atoms with Crippen LogP contribution in [0.25, 0.3) is 11.1 Å². The maximum atomic E-state index is 13.2. The molecule has 0 saturated heterocycles. The molecule has 0 spiro atoms. The second-order valence-electron chi connectivity index (χ2n) is 11.3. The predicted octanol–water partition coefficient (Wildman–Crippen LogP) is 5.71. The van der Waals surface area contributed by atoms with E-state index in [2.05, 4.69) is 41.7 Å². The monoisotopic (exact) mass is 496 g/mol. The summed E-state index contributed by atoms with van der Waals surface area (Å²) in [5, 5.41) is 3.20. The highest BCUT2D eigenvalue weighted by atomic mass is 16.5. The number of benzene rings is 3. The minimum Gasteiger partial charge on any atom is -0.497 e. The first-order chi connectivity index (χ1) is 17.8. The molecule has 0 unspecified atom stereocenters. The Kier molecular flexibility index (Phi) is 6.80. The molecule has 3 aromatic rings. The summed E-state index contributed by atoms with van der Waals surface area (Å²) >= 11 is 0. The zero-order valence-electron chi connectivity index (χ0n) is 22.2. The number of hydrogen-bond acceptors (Lipinski definition) is 3. The smallest absolute Gasteiger partial charge is 0.228 e. The molecule has 0 bridgehead atoms. The molecule has 1 aliphatic heterocycles. The molecule has 0 radical (unpaired) electrons. The second-order valence-corrected chi connectivity index (χ2v) is 11.3. The lowest BCUT2D eigenvalue weighted by molar-refractivity contribution is -0.140. The maximum Gasteiger partial charge on any atom is 0.228 e. The van der Waals surface area contributed by atoms with Crippen molar-refractivity contribution in [2.75, 3.05) is 13.7 Å². The van der Waals surface area contributed by atoms with Crippen LogP contribution in [-0.2, 0) is 29.1 Å². The third-order valence-electron chi connectivity index (χ3n) is 7.63. The van der Waals surface area contributed by atoms with E-state index in [0.717, 1.165) is 40.8 Å². The summed E-state index contributed by atoms with van der Waals surface area (Å²) in [4.78, 5) is 28.1. The SMILES string of the molecule is COc1cccc(-c2ccc(CNC(=O)[C@@H]3C[C@@H]3c3ccccc3)c3c2CCN(C(=O)C(C)(C)C)C3)c1. The fourth-order valence-electron chi connectivity index (χ4n) is 5.48. The quantitative estimate of drug-likeness (QED) is 0.475. The number of nitrogens with zero attached hydrogens (tertiary/aromatic N) is 1. The third-order valence-corrected chi connectivity index (χ3v) is 7.63. The van der Waals surface area contributed by atoms with Gasteiger partial charge in [-0.25, -0.2) is 0 Å². The standard InChI is InChI=1S/C32H36N2O3/c1-32(2,3)31(36)34-16-15-26-25(22-11-8-12-24(17-22)37-4)14-13-23(29(26)20-34)19-33-30(35)28-18-27(28)21-9-6-5-7-10-21/h5-14,17,27-28H,15-16,18-20H2,1-4H3,(H,33,35)/t27-,28-/m1/s1. The summed E-state index contributed by atoms with van der Waals surface area (Å²) in [5.74, 6) is 1.43. The number of amides is 2. The Bertz CT molecular complexity index is 1310. The van der Waals surface area contributed by atoms with Crippen molar-refractivity contribution >= 4 is 11.8 Å². The summed E-state index contributed by atoms with van der Waals surface area (Å²) in [6.07, 6.45) is 1.68. The number of nitrogens with one attached hydrogen (secondary N) is 1. The lowest BCUT2D eigenvalue weighted by Gasteiger charge is -2.35. The molecule has 5 rings (SSSR count). The van der Waals surface area contributed by atoms with Crippen LogP contribution in [0.2, 0.25) is 0 Å². The number of methoxy groups -OCH3 is 1. The van der Waals surface area contributed by atoms with E-state index in [1.807, 2.05) is 56.0 Å². The van der Waals surface area contributed by atoms with E-state index in [9.17, 15) is 9.59 Å². The number of ether oxygens (including phenoxy) is 1. The summed E-state index contributed by atoms with van der Waals surface area (Å²) in [5.41, 5.74) is 6.56. The first-order valence-corrected chi connectivity index (χ1v) is 13.2. The minimum absolute atomic E-state index is 0.0354. The van der Waals surface area contributed by atoms with Crippen molar-refractivity contribution < 1.29 is 14.3 Å². The Morgan fingerprint density at radius 1 is 1.00 bits per heavy atom. The van der Waals surface area contributed by atoms with E-state index < -0.39 is 5.41 Å². The molecule has 0 aromatic heterocycles. The Labute approximate surface area is 219 Å². The molecular weight excluding hydrogens is 460 g/mol. The summed E-state index contributed by atoms with van der Waals surface area (Å²) < 4.78 is 5.46. The van der Waals surface area contributed by atoms with Gasteiger partial charge in [-0.1, -0.05) is 75.4 Å². The van der Waals surface area contributed by atoms with E-state index in [1.54, 1.807) is 7.11 Å². The van der Waals surface area contributed by atoms with Crippen molar-refractivity contribution in [3.8, 4) is 16.9 Å². The van der Waals surface area contributed by atoms with Gasteiger partial charge < -0.3 is 15.0 Å². The first-order valence-electron chi connectivity index (χ1n) is 13.2. The molecule has 2 aliphatic rings. The van der Waals surface area contributed by atoms with Gasteiger partial charge in [0.2, 0.25) is 11.8 Å². The molecule has 3 aromatic carbocycles. The molecule has 1 saturated carbocycles. The fraction of sp³-hybridized carbons (Fsp3) is 0.375. The van der Waals surface area contributed by atoms with Gasteiger partial charge in [-0.2, -0.15) is 0 Å². The lowest BCUT2D eigenvalue weighted by atomic mass is 9.86. The van der Waals surface area contributed by atoms with Crippen LogP contribution in [0.15, 0.2) is 66.7 Å². The van der Waals surface area contributed by atoms with E-state index in [4.69, 9.17) is 4.74 Å². The second kappa shape index (κ2) is 10.0. The molecule has 1 N–H and O–H groups in total. The van der Waals surface area contributed by atoms with Crippen LogP contribution >= 0.6 is 0 Å². The summed E-state index contributed by atoms with van der Waals surface area (Å²) in [7, 11) is 1.68. The van der Waals surface area contributed by atoms with Gasteiger partial charge in [-0.15, -0.1) is 0 Å². The van der Waals surface area contributed by atoms with Crippen molar-refractivity contribution in [1.29, 1.82) is 0 Å². The van der Waals surface area contributed by atoms with Gasteiger partial charge in [-0.05, 0) is 64.3 Å². The number of rotatable bonds is 6. The van der Waals surface area contributed by atoms with Crippen LogP contribution in [0.5, 0.6) is 5.75 Å². The van der Waals surface area contributed by atoms with Crippen LogP contribution in [0.3, 0.4) is 0 Å². The maximum absolute atomic E-state index is 13.2. The molecular formula is C32H36N2O3. The molecule has 1 fully saturated rings. The molecule has 2 atom stereocenters. The van der Waals surface area contributed by atoms with E-state index in [0.29, 0.717) is 25.6 Å². The number of hydrogen-bond donors (Lipinski definition) is 1. The van der Waals surface area contributed by atoms with Gasteiger partial charge in [0.15, 0.2) is 0 Å². The van der Waals surface area contributed by atoms with Gasteiger partial charge in [0.05, 0.1) is 7.11 Å². The molecule has 1 aliphatic carbocycles. The zero-order chi connectivity index (χ0) is 26.2. The highest BCUT2D eigenvalue weighted by molar-refractivity contribution is 5.84. The van der Waals surface area contributed by atoms with Gasteiger partial charge in [-0.3, -0.25) is 9.59 Å². The van der Waals surface area contributed by atoms with Gasteiger partial charge >= 0.3 is 0 Å². The average molecular weight is 497 g/mol. The normalized spacial score (nSPS) is 18.6. The average Bonchev–Trinajstić information content (AvgIpc) is 3.72. The highest BCUT2D eigenvalue weighted by Gasteiger charge is 2.43.